The summed E-state index contributed by atoms with van der Waals surface area (Å²) in [6, 6.07) is 0.468. The molecule has 11 heavy (non-hydrogen) atoms. The fraction of sp³-hybridized carbons (Fsp3) is 0. The zero-order valence-corrected chi connectivity index (χ0v) is 6.34. The number of thiazole rings is 1. The molecule has 0 aliphatic rings. The minimum absolute atomic E-state index is 0.468. The van der Waals surface area contributed by atoms with Crippen molar-refractivity contribution >= 4 is 23.2 Å². The van der Waals surface area contributed by atoms with Crippen molar-refractivity contribution in [1.82, 2.24) is 9.97 Å². The van der Waals surface area contributed by atoms with Crippen LogP contribution in [0.3, 0.4) is 0 Å². The Balaban J connectivity index is 2.14. The first-order valence-corrected chi connectivity index (χ1v) is 3.94. The van der Waals surface area contributed by atoms with E-state index in [9.17, 15) is 0 Å². The van der Waals surface area contributed by atoms with Crippen LogP contribution in [0.4, 0.5) is 11.8 Å². The summed E-state index contributed by atoms with van der Waals surface area (Å²) in [5, 5.41) is 4.76. The molecule has 0 atom stereocenters. The molecule has 0 aromatic carbocycles. The number of anilines is 2. The number of hydrogen-bond donors (Lipinski definition) is 1. The van der Waals surface area contributed by atoms with Crippen LogP contribution in [0.1, 0.15) is 0 Å². The van der Waals surface area contributed by atoms with Crippen molar-refractivity contribution in [3.8, 4) is 0 Å². The maximum absolute atomic E-state index is 4.95. The summed E-state index contributed by atoms with van der Waals surface area (Å²) in [5.74, 6) is 0.762. The molecule has 2 aromatic heterocycles. The molecule has 0 bridgehead atoms. The maximum atomic E-state index is 4.95. The van der Waals surface area contributed by atoms with Gasteiger partial charge in [-0.1, -0.05) is 0 Å². The van der Waals surface area contributed by atoms with Gasteiger partial charge >= 0.3 is 0 Å². The van der Waals surface area contributed by atoms with Crippen molar-refractivity contribution in [2.24, 2.45) is 0 Å². The van der Waals surface area contributed by atoms with Crippen LogP contribution in [0.5, 0.6) is 0 Å². The van der Waals surface area contributed by atoms with Crippen LogP contribution in [0.15, 0.2) is 27.8 Å². The van der Waals surface area contributed by atoms with Crippen LogP contribution >= 0.6 is 11.3 Å². The van der Waals surface area contributed by atoms with Gasteiger partial charge in [-0.05, 0) is 0 Å². The molecule has 0 aliphatic carbocycles. The topological polar surface area (TPSA) is 51.0 Å². The standard InChI is InChI=1S/C6H5N3OS/c1-2-10-6(7-1)9-5-3-11-4-8-5/h1-4H,(H,7,9). The summed E-state index contributed by atoms with van der Waals surface area (Å²) in [5.41, 5.74) is 1.74. The lowest BCUT2D eigenvalue weighted by molar-refractivity contribution is 0.577. The molecule has 0 unspecified atom stereocenters. The van der Waals surface area contributed by atoms with Gasteiger partial charge in [0.25, 0.3) is 6.01 Å². The van der Waals surface area contributed by atoms with Gasteiger partial charge in [0.15, 0.2) is 0 Å². The SMILES string of the molecule is c1coc(Nc2cscn2)n1. The number of hydrogen-bond acceptors (Lipinski definition) is 5. The molecule has 56 valence electrons. The molecule has 0 spiro atoms. The third-order valence-electron chi connectivity index (χ3n) is 1.10. The summed E-state index contributed by atoms with van der Waals surface area (Å²) in [6.07, 6.45) is 3.09. The summed E-state index contributed by atoms with van der Waals surface area (Å²) in [4.78, 5) is 7.88. The summed E-state index contributed by atoms with van der Waals surface area (Å²) in [7, 11) is 0. The van der Waals surface area contributed by atoms with Crippen molar-refractivity contribution < 1.29 is 4.42 Å². The molecule has 0 fully saturated rings. The zero-order valence-electron chi connectivity index (χ0n) is 5.52. The first-order valence-electron chi connectivity index (χ1n) is 3.00. The minimum atomic E-state index is 0.468. The molecular formula is C6H5N3OS. The highest BCUT2D eigenvalue weighted by Crippen LogP contribution is 2.13. The Morgan fingerprint density at radius 1 is 1.45 bits per heavy atom. The van der Waals surface area contributed by atoms with Crippen molar-refractivity contribution in [2.45, 2.75) is 0 Å². The van der Waals surface area contributed by atoms with E-state index in [0.717, 1.165) is 5.82 Å². The Bertz CT molecular complexity index is 270. The molecule has 5 heteroatoms. The van der Waals surface area contributed by atoms with Gasteiger partial charge in [0.1, 0.15) is 12.1 Å². The second-order valence-corrected chi connectivity index (χ2v) is 2.55. The predicted molar refractivity (Wildman–Crippen MR) is 41.9 cm³/mol. The van der Waals surface area contributed by atoms with Gasteiger partial charge in [0.05, 0.1) is 11.7 Å². The van der Waals surface area contributed by atoms with Gasteiger partial charge in [-0.3, -0.25) is 5.32 Å². The van der Waals surface area contributed by atoms with E-state index in [0.29, 0.717) is 6.01 Å². The molecule has 4 nitrogen and oxygen atoms in total. The van der Waals surface area contributed by atoms with E-state index in [1.807, 2.05) is 5.38 Å². The van der Waals surface area contributed by atoms with Gasteiger partial charge in [-0.15, -0.1) is 11.3 Å². The molecule has 0 saturated heterocycles. The molecule has 2 aromatic rings. The van der Waals surface area contributed by atoms with Gasteiger partial charge < -0.3 is 4.42 Å². The molecule has 1 N–H and O–H groups in total. The monoisotopic (exact) mass is 167 g/mol. The highest BCUT2D eigenvalue weighted by molar-refractivity contribution is 7.07. The third kappa shape index (κ3) is 1.38. The van der Waals surface area contributed by atoms with E-state index < -0.39 is 0 Å². The number of nitrogens with zero attached hydrogens (tertiary/aromatic N) is 2. The van der Waals surface area contributed by atoms with Gasteiger partial charge in [-0.25, -0.2) is 9.97 Å². The third-order valence-corrected chi connectivity index (χ3v) is 1.69. The highest BCUT2D eigenvalue weighted by Gasteiger charge is 1.97. The van der Waals surface area contributed by atoms with Crippen LogP contribution in [0, 0.1) is 0 Å². The number of nitrogens with one attached hydrogen (secondary N) is 1. The Labute approximate surface area is 66.9 Å². The summed E-state index contributed by atoms with van der Waals surface area (Å²) >= 11 is 1.52. The number of rotatable bonds is 2. The normalized spacial score (nSPS) is 9.82. The van der Waals surface area contributed by atoms with Crippen LogP contribution in [-0.4, -0.2) is 9.97 Å². The lowest BCUT2D eigenvalue weighted by atomic mass is 10.8. The van der Waals surface area contributed by atoms with Crippen molar-refractivity contribution in [2.75, 3.05) is 5.32 Å². The second-order valence-electron chi connectivity index (χ2n) is 1.84. The minimum Gasteiger partial charge on any atom is -0.432 e. The summed E-state index contributed by atoms with van der Waals surface area (Å²) < 4.78 is 4.95. The Morgan fingerprint density at radius 2 is 2.45 bits per heavy atom. The zero-order chi connectivity index (χ0) is 7.52. The van der Waals surface area contributed by atoms with Gasteiger partial charge in [0, 0.05) is 5.38 Å². The van der Waals surface area contributed by atoms with E-state index in [-0.39, 0.29) is 0 Å². The fourth-order valence-corrected chi connectivity index (χ4v) is 1.15. The number of oxazole rings is 1. The first kappa shape index (κ1) is 6.36. The van der Waals surface area contributed by atoms with E-state index in [1.54, 1.807) is 11.7 Å². The van der Waals surface area contributed by atoms with E-state index >= 15 is 0 Å². The Kier molecular flexibility index (Phi) is 1.57. The van der Waals surface area contributed by atoms with Crippen LogP contribution in [-0.2, 0) is 0 Å². The molecular weight excluding hydrogens is 162 g/mol. The van der Waals surface area contributed by atoms with Crippen molar-refractivity contribution in [3.05, 3.63) is 23.4 Å². The average Bonchev–Trinajstić information content (AvgIpc) is 2.60. The van der Waals surface area contributed by atoms with Crippen LogP contribution in [0.25, 0.3) is 0 Å². The summed E-state index contributed by atoms with van der Waals surface area (Å²) in [6.45, 7) is 0. The Hall–Kier alpha value is -1.36. The predicted octanol–water partition coefficient (Wildman–Crippen LogP) is 1.87. The van der Waals surface area contributed by atoms with E-state index in [4.69, 9.17) is 4.42 Å². The van der Waals surface area contributed by atoms with Gasteiger partial charge in [-0.2, -0.15) is 0 Å². The first-order chi connectivity index (χ1) is 5.45. The van der Waals surface area contributed by atoms with E-state index in [1.165, 1.54) is 17.6 Å². The highest BCUT2D eigenvalue weighted by atomic mass is 32.1. The lowest BCUT2D eigenvalue weighted by Gasteiger charge is -1.92. The smallest absolute Gasteiger partial charge is 0.300 e. The lowest BCUT2D eigenvalue weighted by Crippen LogP contribution is -1.88. The van der Waals surface area contributed by atoms with E-state index in [2.05, 4.69) is 15.3 Å². The quantitative estimate of drug-likeness (QED) is 0.741. The average molecular weight is 167 g/mol. The second kappa shape index (κ2) is 2.71. The maximum Gasteiger partial charge on any atom is 0.300 e. The van der Waals surface area contributed by atoms with Crippen molar-refractivity contribution in [1.29, 1.82) is 0 Å². The molecule has 0 radical (unpaired) electrons. The Morgan fingerprint density at radius 3 is 3.09 bits per heavy atom. The van der Waals surface area contributed by atoms with Crippen LogP contribution < -0.4 is 5.32 Å². The molecule has 0 saturated carbocycles. The van der Waals surface area contributed by atoms with Crippen molar-refractivity contribution in [3.63, 3.8) is 0 Å². The fourth-order valence-electron chi connectivity index (χ4n) is 0.669. The van der Waals surface area contributed by atoms with Crippen LogP contribution in [0.2, 0.25) is 0 Å². The molecule has 0 aliphatic heterocycles. The van der Waals surface area contributed by atoms with Gasteiger partial charge in [0.2, 0.25) is 0 Å². The molecule has 0 amide bonds. The molecule has 2 heterocycles. The molecule has 2 rings (SSSR count). The number of aromatic nitrogens is 2. The largest absolute Gasteiger partial charge is 0.432 e.